The van der Waals surface area contributed by atoms with Crippen molar-refractivity contribution in [1.82, 2.24) is 10.3 Å². The molecule has 1 aromatic heterocycles. The SMILES string of the molecule is Cc1ccc(C(C)NCCc2cccnc2)c(C)c1. The molecule has 1 unspecified atom stereocenters. The average molecular weight is 254 g/mol. The van der Waals surface area contributed by atoms with Crippen molar-refractivity contribution in [2.45, 2.75) is 33.2 Å². The number of hydrogen-bond donors (Lipinski definition) is 1. The Bertz CT molecular complexity index is 520. The number of hydrogen-bond acceptors (Lipinski definition) is 2. The third-order valence-electron chi connectivity index (χ3n) is 3.48. The maximum absolute atomic E-state index is 4.14. The molecule has 2 rings (SSSR count). The molecule has 0 bridgehead atoms. The average Bonchev–Trinajstić information content (AvgIpc) is 2.39. The molecular formula is C17H22N2. The summed E-state index contributed by atoms with van der Waals surface area (Å²) in [5.41, 5.74) is 5.35. The second-order valence-electron chi connectivity index (χ2n) is 5.15. The minimum Gasteiger partial charge on any atom is -0.310 e. The Kier molecular flexibility index (Phi) is 4.69. The van der Waals surface area contributed by atoms with Crippen molar-refractivity contribution in [1.29, 1.82) is 0 Å². The van der Waals surface area contributed by atoms with Crippen molar-refractivity contribution in [3.8, 4) is 0 Å². The van der Waals surface area contributed by atoms with Crippen LogP contribution in [0.4, 0.5) is 0 Å². The summed E-state index contributed by atoms with van der Waals surface area (Å²) in [6.45, 7) is 7.51. The molecule has 0 fully saturated rings. The predicted molar refractivity (Wildman–Crippen MR) is 80.3 cm³/mol. The normalized spacial score (nSPS) is 12.4. The van der Waals surface area contributed by atoms with Crippen molar-refractivity contribution in [3.63, 3.8) is 0 Å². The van der Waals surface area contributed by atoms with Crippen LogP contribution in [0.1, 0.15) is 35.2 Å². The summed E-state index contributed by atoms with van der Waals surface area (Å²) in [6, 6.07) is 11.2. The summed E-state index contributed by atoms with van der Waals surface area (Å²) in [7, 11) is 0. The van der Waals surface area contributed by atoms with Crippen molar-refractivity contribution >= 4 is 0 Å². The first-order chi connectivity index (χ1) is 9.16. The quantitative estimate of drug-likeness (QED) is 0.882. The van der Waals surface area contributed by atoms with E-state index in [9.17, 15) is 0 Å². The highest BCUT2D eigenvalue weighted by molar-refractivity contribution is 5.32. The van der Waals surface area contributed by atoms with Gasteiger partial charge in [0.05, 0.1) is 0 Å². The molecule has 0 radical (unpaired) electrons. The van der Waals surface area contributed by atoms with Crippen LogP contribution >= 0.6 is 0 Å². The third kappa shape index (κ3) is 3.90. The van der Waals surface area contributed by atoms with Gasteiger partial charge in [0.1, 0.15) is 0 Å². The van der Waals surface area contributed by atoms with Gasteiger partial charge in [0.25, 0.3) is 0 Å². The molecule has 2 heteroatoms. The summed E-state index contributed by atoms with van der Waals surface area (Å²) < 4.78 is 0. The third-order valence-corrected chi connectivity index (χ3v) is 3.48. The lowest BCUT2D eigenvalue weighted by Crippen LogP contribution is -2.22. The van der Waals surface area contributed by atoms with Crippen LogP contribution in [0, 0.1) is 13.8 Å². The second kappa shape index (κ2) is 6.48. The molecule has 2 aromatic rings. The highest BCUT2D eigenvalue weighted by Crippen LogP contribution is 2.18. The number of rotatable bonds is 5. The van der Waals surface area contributed by atoms with E-state index < -0.39 is 0 Å². The van der Waals surface area contributed by atoms with Gasteiger partial charge < -0.3 is 5.32 Å². The van der Waals surface area contributed by atoms with Crippen LogP contribution in [-0.2, 0) is 6.42 Å². The predicted octanol–water partition coefficient (Wildman–Crippen LogP) is 3.59. The molecule has 1 atom stereocenters. The number of nitrogens with one attached hydrogen (secondary N) is 1. The lowest BCUT2D eigenvalue weighted by Gasteiger charge is -2.17. The lowest BCUT2D eigenvalue weighted by molar-refractivity contribution is 0.574. The standard InChI is InChI=1S/C17H22N2/c1-13-6-7-17(14(2)11-13)15(3)19-10-8-16-5-4-9-18-12-16/h4-7,9,11-12,15,19H,8,10H2,1-3H3. The Morgan fingerprint density at radius 3 is 2.74 bits per heavy atom. The van der Waals surface area contributed by atoms with E-state index in [0.29, 0.717) is 6.04 Å². The molecular weight excluding hydrogens is 232 g/mol. The zero-order valence-electron chi connectivity index (χ0n) is 12.0. The smallest absolute Gasteiger partial charge is 0.0300 e. The topological polar surface area (TPSA) is 24.9 Å². The molecule has 0 aliphatic rings. The molecule has 0 saturated carbocycles. The zero-order chi connectivity index (χ0) is 13.7. The van der Waals surface area contributed by atoms with Crippen LogP contribution in [0.5, 0.6) is 0 Å². The highest BCUT2D eigenvalue weighted by Gasteiger charge is 2.07. The lowest BCUT2D eigenvalue weighted by atomic mass is 10.0. The summed E-state index contributed by atoms with van der Waals surface area (Å²) in [5.74, 6) is 0. The van der Waals surface area contributed by atoms with Crippen molar-refractivity contribution in [2.24, 2.45) is 0 Å². The van der Waals surface area contributed by atoms with Gasteiger partial charge in [0.2, 0.25) is 0 Å². The molecule has 0 saturated heterocycles. The van der Waals surface area contributed by atoms with Crippen molar-refractivity contribution in [3.05, 3.63) is 65.0 Å². The molecule has 0 amide bonds. The van der Waals surface area contributed by atoms with Crippen LogP contribution in [0.2, 0.25) is 0 Å². The minimum atomic E-state index is 0.386. The molecule has 100 valence electrons. The van der Waals surface area contributed by atoms with E-state index in [-0.39, 0.29) is 0 Å². The largest absolute Gasteiger partial charge is 0.310 e. The van der Waals surface area contributed by atoms with Gasteiger partial charge in [-0.05, 0) is 56.5 Å². The van der Waals surface area contributed by atoms with E-state index in [1.807, 2.05) is 18.5 Å². The first kappa shape index (κ1) is 13.8. The molecule has 0 aliphatic carbocycles. The van der Waals surface area contributed by atoms with E-state index in [0.717, 1.165) is 13.0 Å². The Morgan fingerprint density at radius 1 is 1.21 bits per heavy atom. The number of benzene rings is 1. The van der Waals surface area contributed by atoms with E-state index in [2.05, 4.69) is 55.3 Å². The van der Waals surface area contributed by atoms with Gasteiger partial charge in [0, 0.05) is 18.4 Å². The molecule has 19 heavy (non-hydrogen) atoms. The first-order valence-corrected chi connectivity index (χ1v) is 6.86. The fraction of sp³-hybridized carbons (Fsp3) is 0.353. The summed E-state index contributed by atoms with van der Waals surface area (Å²) >= 11 is 0. The van der Waals surface area contributed by atoms with Gasteiger partial charge in [0.15, 0.2) is 0 Å². The maximum Gasteiger partial charge on any atom is 0.0300 e. The fourth-order valence-corrected chi connectivity index (χ4v) is 2.40. The molecule has 1 aromatic carbocycles. The van der Waals surface area contributed by atoms with Gasteiger partial charge in [-0.15, -0.1) is 0 Å². The molecule has 1 heterocycles. The first-order valence-electron chi connectivity index (χ1n) is 6.86. The summed E-state index contributed by atoms with van der Waals surface area (Å²) in [4.78, 5) is 4.14. The minimum absolute atomic E-state index is 0.386. The van der Waals surface area contributed by atoms with E-state index in [1.54, 1.807) is 0 Å². The molecule has 0 aliphatic heterocycles. The van der Waals surface area contributed by atoms with Crippen LogP contribution < -0.4 is 5.32 Å². The van der Waals surface area contributed by atoms with Crippen LogP contribution in [0.25, 0.3) is 0 Å². The monoisotopic (exact) mass is 254 g/mol. The van der Waals surface area contributed by atoms with Gasteiger partial charge in [-0.1, -0.05) is 29.8 Å². The molecule has 1 N–H and O–H groups in total. The van der Waals surface area contributed by atoms with E-state index in [4.69, 9.17) is 0 Å². The number of aromatic nitrogens is 1. The van der Waals surface area contributed by atoms with Gasteiger partial charge in [-0.3, -0.25) is 4.98 Å². The van der Waals surface area contributed by atoms with Crippen LogP contribution in [0.3, 0.4) is 0 Å². The van der Waals surface area contributed by atoms with Crippen molar-refractivity contribution in [2.75, 3.05) is 6.54 Å². The van der Waals surface area contributed by atoms with Gasteiger partial charge in [-0.2, -0.15) is 0 Å². The maximum atomic E-state index is 4.14. The Morgan fingerprint density at radius 2 is 2.05 bits per heavy atom. The second-order valence-corrected chi connectivity index (χ2v) is 5.15. The number of pyridine rings is 1. The molecule has 2 nitrogen and oxygen atoms in total. The highest BCUT2D eigenvalue weighted by atomic mass is 14.9. The number of nitrogens with zero attached hydrogens (tertiary/aromatic N) is 1. The zero-order valence-corrected chi connectivity index (χ0v) is 12.0. The van der Waals surface area contributed by atoms with E-state index in [1.165, 1.54) is 22.3 Å². The Labute approximate surface area is 115 Å². The Balaban J connectivity index is 1.89. The summed E-state index contributed by atoms with van der Waals surface area (Å²) in [5, 5.41) is 3.58. The van der Waals surface area contributed by atoms with E-state index >= 15 is 0 Å². The molecule has 0 spiro atoms. The Hall–Kier alpha value is -1.67. The van der Waals surface area contributed by atoms with Gasteiger partial charge in [-0.25, -0.2) is 0 Å². The van der Waals surface area contributed by atoms with Crippen LogP contribution in [-0.4, -0.2) is 11.5 Å². The number of aryl methyl sites for hydroxylation is 2. The van der Waals surface area contributed by atoms with Crippen molar-refractivity contribution < 1.29 is 0 Å². The summed E-state index contributed by atoms with van der Waals surface area (Å²) in [6.07, 6.45) is 4.77. The van der Waals surface area contributed by atoms with Gasteiger partial charge >= 0.3 is 0 Å². The van der Waals surface area contributed by atoms with Crippen LogP contribution in [0.15, 0.2) is 42.7 Å². The fourth-order valence-electron chi connectivity index (χ4n) is 2.40.